The van der Waals surface area contributed by atoms with Crippen molar-refractivity contribution in [2.75, 3.05) is 0 Å². The molecule has 3 aromatic rings. The molecule has 0 aliphatic carbocycles. The zero-order valence-corrected chi connectivity index (χ0v) is 12.2. The van der Waals surface area contributed by atoms with Gasteiger partial charge in [-0.1, -0.05) is 34.4 Å². The molecule has 0 N–H and O–H groups in total. The highest BCUT2D eigenvalue weighted by Gasteiger charge is 2.11. The van der Waals surface area contributed by atoms with Crippen LogP contribution in [-0.4, -0.2) is 15.1 Å². The molecule has 1 aromatic carbocycles. The van der Waals surface area contributed by atoms with E-state index in [9.17, 15) is 0 Å². The number of halogens is 2. The maximum Gasteiger partial charge on any atom is 0.264 e. The Morgan fingerprint density at radius 3 is 2.81 bits per heavy atom. The highest BCUT2D eigenvalue weighted by atomic mass is 35.5. The number of aromatic nitrogens is 3. The van der Waals surface area contributed by atoms with Crippen LogP contribution >= 0.6 is 23.2 Å². The topological polar surface area (TPSA) is 61.0 Å². The minimum absolute atomic E-state index is 0.112. The zero-order valence-electron chi connectivity index (χ0n) is 10.7. The molecule has 0 saturated heterocycles. The van der Waals surface area contributed by atoms with Gasteiger partial charge in [-0.05, 0) is 30.3 Å². The van der Waals surface area contributed by atoms with Crippen LogP contribution in [0.2, 0.25) is 10.0 Å². The predicted octanol–water partition coefficient (Wildman–Crippen LogP) is 4.02. The summed E-state index contributed by atoms with van der Waals surface area (Å²) in [7, 11) is 0. The Morgan fingerprint density at radius 1 is 1.14 bits per heavy atom. The van der Waals surface area contributed by atoms with Gasteiger partial charge < -0.3 is 9.26 Å². The minimum Gasteiger partial charge on any atom is -0.482 e. The standard InChI is InChI=1S/C14H9Cl2N3O2/c15-9-4-5-12(10(16)7-9)20-8-13-18-14(19-21-13)11-3-1-2-6-17-11/h1-7H,8H2. The molecule has 0 spiro atoms. The van der Waals surface area contributed by atoms with Crippen molar-refractivity contribution < 1.29 is 9.26 Å². The second-order valence-corrected chi connectivity index (χ2v) is 4.93. The molecule has 0 amide bonds. The smallest absolute Gasteiger partial charge is 0.264 e. The third-order valence-electron chi connectivity index (χ3n) is 2.61. The second kappa shape index (κ2) is 6.11. The third kappa shape index (κ3) is 3.32. The van der Waals surface area contributed by atoms with Gasteiger partial charge in [0.05, 0.1) is 5.02 Å². The molecule has 2 aromatic heterocycles. The van der Waals surface area contributed by atoms with Gasteiger partial charge in [0.1, 0.15) is 11.4 Å². The molecule has 0 bridgehead atoms. The van der Waals surface area contributed by atoms with Crippen LogP contribution in [0.5, 0.6) is 5.75 Å². The maximum atomic E-state index is 6.01. The van der Waals surface area contributed by atoms with Crippen molar-refractivity contribution in [3.05, 3.63) is 58.5 Å². The second-order valence-electron chi connectivity index (χ2n) is 4.09. The molecule has 21 heavy (non-hydrogen) atoms. The van der Waals surface area contributed by atoms with Gasteiger partial charge in [0.15, 0.2) is 6.61 Å². The van der Waals surface area contributed by atoms with E-state index in [0.29, 0.717) is 33.2 Å². The molecule has 0 aliphatic rings. The summed E-state index contributed by atoms with van der Waals surface area (Å²) in [5.74, 6) is 1.25. The Kier molecular flexibility index (Phi) is 4.03. The molecular formula is C14H9Cl2N3O2. The van der Waals surface area contributed by atoms with Crippen LogP contribution < -0.4 is 4.74 Å². The largest absolute Gasteiger partial charge is 0.482 e. The molecule has 0 saturated carbocycles. The van der Waals surface area contributed by atoms with Crippen molar-refractivity contribution in [3.63, 3.8) is 0 Å². The summed E-state index contributed by atoms with van der Waals surface area (Å²) in [6, 6.07) is 10.4. The summed E-state index contributed by atoms with van der Waals surface area (Å²) < 4.78 is 10.6. The maximum absolute atomic E-state index is 6.01. The van der Waals surface area contributed by atoms with E-state index in [0.717, 1.165) is 0 Å². The minimum atomic E-state index is 0.112. The number of hydrogen-bond acceptors (Lipinski definition) is 5. The van der Waals surface area contributed by atoms with E-state index in [4.69, 9.17) is 32.5 Å². The lowest BCUT2D eigenvalue weighted by molar-refractivity contribution is 0.243. The molecule has 0 unspecified atom stereocenters. The summed E-state index contributed by atoms with van der Waals surface area (Å²) >= 11 is 11.8. The SMILES string of the molecule is Clc1ccc(OCc2nc(-c3ccccn3)no2)c(Cl)c1. The van der Waals surface area contributed by atoms with Crippen LogP contribution in [0.4, 0.5) is 0 Å². The molecule has 0 aliphatic heterocycles. The molecular weight excluding hydrogens is 313 g/mol. The van der Waals surface area contributed by atoms with Crippen LogP contribution in [0.3, 0.4) is 0 Å². The Balaban J connectivity index is 1.70. The van der Waals surface area contributed by atoms with Gasteiger partial charge in [0.25, 0.3) is 5.89 Å². The monoisotopic (exact) mass is 321 g/mol. The van der Waals surface area contributed by atoms with Crippen LogP contribution in [0.1, 0.15) is 5.89 Å². The van der Waals surface area contributed by atoms with E-state index in [1.807, 2.05) is 12.1 Å². The Hall–Kier alpha value is -2.11. The fraction of sp³-hybridized carbons (Fsp3) is 0.0714. The third-order valence-corrected chi connectivity index (χ3v) is 3.14. The molecule has 0 fully saturated rings. The van der Waals surface area contributed by atoms with Crippen molar-refractivity contribution >= 4 is 23.2 Å². The van der Waals surface area contributed by atoms with Crippen molar-refractivity contribution in [2.45, 2.75) is 6.61 Å². The van der Waals surface area contributed by atoms with Crippen LogP contribution in [0.15, 0.2) is 47.1 Å². The molecule has 0 radical (unpaired) electrons. The quantitative estimate of drug-likeness (QED) is 0.726. The zero-order chi connectivity index (χ0) is 14.7. The molecule has 2 heterocycles. The molecule has 5 nitrogen and oxygen atoms in total. The van der Waals surface area contributed by atoms with Crippen LogP contribution in [0, 0.1) is 0 Å². The first-order valence-corrected chi connectivity index (χ1v) is 6.80. The first kappa shape index (κ1) is 13.9. The van der Waals surface area contributed by atoms with E-state index in [1.165, 1.54) is 0 Å². The van der Waals surface area contributed by atoms with E-state index in [1.54, 1.807) is 30.5 Å². The Labute approximate surface area is 130 Å². The first-order chi connectivity index (χ1) is 10.2. The van der Waals surface area contributed by atoms with Gasteiger partial charge in [0.2, 0.25) is 5.82 Å². The van der Waals surface area contributed by atoms with Crippen molar-refractivity contribution in [1.82, 2.24) is 15.1 Å². The summed E-state index contributed by atoms with van der Waals surface area (Å²) in [6.07, 6.45) is 1.66. The number of ether oxygens (including phenoxy) is 1. The molecule has 0 atom stereocenters. The molecule has 106 valence electrons. The normalized spacial score (nSPS) is 10.6. The lowest BCUT2D eigenvalue weighted by Crippen LogP contribution is -1.96. The summed E-state index contributed by atoms with van der Waals surface area (Å²) in [5, 5.41) is 4.82. The lowest BCUT2D eigenvalue weighted by atomic mass is 10.3. The van der Waals surface area contributed by atoms with E-state index >= 15 is 0 Å². The average molecular weight is 322 g/mol. The van der Waals surface area contributed by atoms with E-state index in [-0.39, 0.29) is 6.61 Å². The average Bonchev–Trinajstić information content (AvgIpc) is 2.96. The molecule has 3 rings (SSSR count). The lowest BCUT2D eigenvalue weighted by Gasteiger charge is -2.05. The highest BCUT2D eigenvalue weighted by molar-refractivity contribution is 6.35. The van der Waals surface area contributed by atoms with Gasteiger partial charge in [-0.15, -0.1) is 0 Å². The highest BCUT2D eigenvalue weighted by Crippen LogP contribution is 2.28. The summed E-state index contributed by atoms with van der Waals surface area (Å²) in [5.41, 5.74) is 0.636. The number of benzene rings is 1. The fourth-order valence-corrected chi connectivity index (χ4v) is 2.11. The van der Waals surface area contributed by atoms with Gasteiger partial charge >= 0.3 is 0 Å². The Morgan fingerprint density at radius 2 is 2.05 bits per heavy atom. The number of hydrogen-bond donors (Lipinski definition) is 0. The van der Waals surface area contributed by atoms with Crippen molar-refractivity contribution in [3.8, 4) is 17.3 Å². The predicted molar refractivity (Wildman–Crippen MR) is 78.3 cm³/mol. The van der Waals surface area contributed by atoms with Gasteiger partial charge in [-0.25, -0.2) is 0 Å². The van der Waals surface area contributed by atoms with E-state index in [2.05, 4.69) is 15.1 Å². The van der Waals surface area contributed by atoms with Crippen LogP contribution in [-0.2, 0) is 6.61 Å². The summed E-state index contributed by atoms with van der Waals surface area (Å²) in [4.78, 5) is 8.35. The number of pyridine rings is 1. The number of nitrogens with zero attached hydrogens (tertiary/aromatic N) is 3. The number of rotatable bonds is 4. The van der Waals surface area contributed by atoms with Crippen molar-refractivity contribution in [2.24, 2.45) is 0 Å². The fourth-order valence-electron chi connectivity index (χ4n) is 1.64. The molecule has 7 heteroatoms. The first-order valence-electron chi connectivity index (χ1n) is 6.04. The van der Waals surface area contributed by atoms with Crippen molar-refractivity contribution in [1.29, 1.82) is 0 Å². The van der Waals surface area contributed by atoms with Gasteiger partial charge in [-0.3, -0.25) is 4.98 Å². The van der Waals surface area contributed by atoms with Gasteiger partial charge in [-0.2, -0.15) is 4.98 Å². The Bertz CT molecular complexity index is 747. The van der Waals surface area contributed by atoms with Gasteiger partial charge in [0, 0.05) is 11.2 Å². The summed E-state index contributed by atoms with van der Waals surface area (Å²) in [6.45, 7) is 0.112. The van der Waals surface area contributed by atoms with E-state index < -0.39 is 0 Å². The van der Waals surface area contributed by atoms with Crippen LogP contribution in [0.25, 0.3) is 11.5 Å².